The Morgan fingerprint density at radius 1 is 1.28 bits per heavy atom. The number of hydrogen-bond donors (Lipinski definition) is 1. The summed E-state index contributed by atoms with van der Waals surface area (Å²) in [6, 6.07) is 13.5. The lowest BCUT2D eigenvalue weighted by Crippen LogP contribution is -2.12. The maximum Gasteiger partial charge on any atom is 0.0447 e. The summed E-state index contributed by atoms with van der Waals surface area (Å²) in [5.74, 6) is 0. The maximum absolute atomic E-state index is 4.39. The molecule has 1 aromatic heterocycles. The lowest BCUT2D eigenvalue weighted by atomic mass is 10.0. The molecule has 0 saturated heterocycles. The van der Waals surface area contributed by atoms with E-state index >= 15 is 0 Å². The summed E-state index contributed by atoms with van der Waals surface area (Å²) in [5.41, 5.74) is 5.48. The van der Waals surface area contributed by atoms with Gasteiger partial charge in [0.25, 0.3) is 0 Å². The third kappa shape index (κ3) is 2.16. The van der Waals surface area contributed by atoms with Crippen LogP contribution in [0.15, 0.2) is 42.6 Å². The predicted molar refractivity (Wildman–Crippen MR) is 73.6 cm³/mol. The van der Waals surface area contributed by atoms with E-state index in [0.717, 1.165) is 12.1 Å². The first-order chi connectivity index (χ1) is 8.86. The molecule has 2 aromatic rings. The number of aromatic nitrogens is 1. The van der Waals surface area contributed by atoms with Crippen LogP contribution in [0.25, 0.3) is 0 Å². The number of rotatable bonds is 3. The molecular formula is C16H18N2. The summed E-state index contributed by atoms with van der Waals surface area (Å²) in [6.07, 6.45) is 5.20. The fourth-order valence-corrected chi connectivity index (χ4v) is 2.79. The SMILES string of the molecule is CNC1CCc2cc(Cc3ccccn3)ccc21. The van der Waals surface area contributed by atoms with Gasteiger partial charge >= 0.3 is 0 Å². The molecule has 1 aromatic carbocycles. The van der Waals surface area contributed by atoms with Crippen molar-refractivity contribution in [3.05, 3.63) is 65.0 Å². The number of nitrogens with zero attached hydrogens (tertiary/aromatic N) is 1. The van der Waals surface area contributed by atoms with Gasteiger partial charge in [0, 0.05) is 24.4 Å². The second-order valence-corrected chi connectivity index (χ2v) is 4.91. The minimum Gasteiger partial charge on any atom is -0.313 e. The summed E-state index contributed by atoms with van der Waals surface area (Å²) < 4.78 is 0. The average molecular weight is 238 g/mol. The van der Waals surface area contributed by atoms with Gasteiger partial charge in [0.1, 0.15) is 0 Å². The summed E-state index contributed by atoms with van der Waals surface area (Å²) in [6.45, 7) is 0. The maximum atomic E-state index is 4.39. The topological polar surface area (TPSA) is 24.9 Å². The van der Waals surface area contributed by atoms with Crippen LogP contribution in [0.1, 0.15) is 34.8 Å². The van der Waals surface area contributed by atoms with Crippen molar-refractivity contribution >= 4 is 0 Å². The molecule has 18 heavy (non-hydrogen) atoms. The fourth-order valence-electron chi connectivity index (χ4n) is 2.79. The van der Waals surface area contributed by atoms with Crippen LogP contribution in [0.5, 0.6) is 0 Å². The van der Waals surface area contributed by atoms with Crippen LogP contribution < -0.4 is 5.32 Å². The van der Waals surface area contributed by atoms with Crippen LogP contribution in [0.3, 0.4) is 0 Å². The van der Waals surface area contributed by atoms with Crippen LogP contribution in [-0.4, -0.2) is 12.0 Å². The highest BCUT2D eigenvalue weighted by Crippen LogP contribution is 2.31. The number of hydrogen-bond acceptors (Lipinski definition) is 2. The van der Waals surface area contributed by atoms with Gasteiger partial charge in [-0.2, -0.15) is 0 Å². The number of pyridine rings is 1. The van der Waals surface area contributed by atoms with E-state index in [1.54, 1.807) is 0 Å². The lowest BCUT2D eigenvalue weighted by molar-refractivity contribution is 0.590. The smallest absolute Gasteiger partial charge is 0.0447 e. The van der Waals surface area contributed by atoms with Crippen molar-refractivity contribution in [3.8, 4) is 0 Å². The van der Waals surface area contributed by atoms with Gasteiger partial charge in [0.2, 0.25) is 0 Å². The molecule has 2 nitrogen and oxygen atoms in total. The molecule has 0 fully saturated rings. The zero-order chi connectivity index (χ0) is 12.4. The van der Waals surface area contributed by atoms with E-state index in [0.29, 0.717) is 6.04 Å². The first-order valence-electron chi connectivity index (χ1n) is 6.55. The molecule has 1 N–H and O–H groups in total. The van der Waals surface area contributed by atoms with Gasteiger partial charge < -0.3 is 5.32 Å². The van der Waals surface area contributed by atoms with Gasteiger partial charge in [-0.3, -0.25) is 4.98 Å². The molecule has 0 bridgehead atoms. The summed E-state index contributed by atoms with van der Waals surface area (Å²) in [4.78, 5) is 4.39. The monoisotopic (exact) mass is 238 g/mol. The predicted octanol–water partition coefficient (Wildman–Crippen LogP) is 2.88. The summed E-state index contributed by atoms with van der Waals surface area (Å²) in [5, 5.41) is 3.38. The Morgan fingerprint density at radius 3 is 3.00 bits per heavy atom. The second kappa shape index (κ2) is 4.91. The Hall–Kier alpha value is -1.67. The van der Waals surface area contributed by atoms with Crippen molar-refractivity contribution in [1.29, 1.82) is 0 Å². The Labute approximate surface area is 108 Å². The van der Waals surface area contributed by atoms with E-state index in [2.05, 4.69) is 34.6 Å². The third-order valence-corrected chi connectivity index (χ3v) is 3.75. The fraction of sp³-hybridized carbons (Fsp3) is 0.312. The minimum atomic E-state index is 0.545. The Kier molecular flexibility index (Phi) is 3.11. The number of benzene rings is 1. The van der Waals surface area contributed by atoms with Crippen molar-refractivity contribution in [3.63, 3.8) is 0 Å². The van der Waals surface area contributed by atoms with E-state index in [1.165, 1.54) is 29.5 Å². The zero-order valence-corrected chi connectivity index (χ0v) is 10.7. The zero-order valence-electron chi connectivity index (χ0n) is 10.7. The molecule has 1 aliphatic carbocycles. The lowest BCUT2D eigenvalue weighted by Gasteiger charge is -2.10. The Balaban J connectivity index is 1.84. The molecule has 1 heterocycles. The second-order valence-electron chi connectivity index (χ2n) is 4.91. The van der Waals surface area contributed by atoms with E-state index in [9.17, 15) is 0 Å². The molecule has 0 amide bonds. The van der Waals surface area contributed by atoms with Gasteiger partial charge in [-0.25, -0.2) is 0 Å². The molecule has 2 heteroatoms. The normalized spacial score (nSPS) is 17.7. The van der Waals surface area contributed by atoms with Crippen molar-refractivity contribution in [2.45, 2.75) is 25.3 Å². The summed E-state index contributed by atoms with van der Waals surface area (Å²) in [7, 11) is 2.04. The molecule has 92 valence electrons. The number of aryl methyl sites for hydroxylation is 1. The Bertz CT molecular complexity index is 534. The van der Waals surface area contributed by atoms with Crippen LogP contribution in [0.4, 0.5) is 0 Å². The van der Waals surface area contributed by atoms with Gasteiger partial charge in [0.15, 0.2) is 0 Å². The molecule has 1 aliphatic rings. The first-order valence-corrected chi connectivity index (χ1v) is 6.55. The van der Waals surface area contributed by atoms with Gasteiger partial charge in [-0.1, -0.05) is 24.3 Å². The quantitative estimate of drug-likeness (QED) is 0.889. The van der Waals surface area contributed by atoms with Gasteiger partial charge in [-0.05, 0) is 48.7 Å². The largest absolute Gasteiger partial charge is 0.313 e. The van der Waals surface area contributed by atoms with E-state index in [-0.39, 0.29) is 0 Å². The van der Waals surface area contributed by atoms with E-state index in [1.807, 2.05) is 25.4 Å². The third-order valence-electron chi connectivity index (χ3n) is 3.75. The highest BCUT2D eigenvalue weighted by molar-refractivity contribution is 5.39. The molecule has 1 atom stereocenters. The van der Waals surface area contributed by atoms with Crippen molar-refractivity contribution < 1.29 is 0 Å². The highest BCUT2D eigenvalue weighted by Gasteiger charge is 2.20. The van der Waals surface area contributed by atoms with Crippen LogP contribution in [0.2, 0.25) is 0 Å². The van der Waals surface area contributed by atoms with E-state index < -0.39 is 0 Å². The van der Waals surface area contributed by atoms with Crippen molar-refractivity contribution in [2.24, 2.45) is 0 Å². The van der Waals surface area contributed by atoms with Crippen LogP contribution in [0, 0.1) is 0 Å². The standard InChI is InChI=1S/C16H18N2/c1-17-16-8-6-13-10-12(5-7-15(13)16)11-14-4-2-3-9-18-14/h2-5,7,9-10,16-17H,6,8,11H2,1H3. The van der Waals surface area contributed by atoms with Crippen molar-refractivity contribution in [1.82, 2.24) is 10.3 Å². The number of nitrogens with one attached hydrogen (secondary N) is 1. The first kappa shape index (κ1) is 11.4. The molecule has 3 rings (SSSR count). The van der Waals surface area contributed by atoms with Crippen LogP contribution in [-0.2, 0) is 12.8 Å². The molecular weight excluding hydrogens is 220 g/mol. The number of fused-ring (bicyclic) bond motifs is 1. The molecule has 1 unspecified atom stereocenters. The van der Waals surface area contributed by atoms with Gasteiger partial charge in [-0.15, -0.1) is 0 Å². The minimum absolute atomic E-state index is 0.545. The van der Waals surface area contributed by atoms with Crippen molar-refractivity contribution in [2.75, 3.05) is 7.05 Å². The van der Waals surface area contributed by atoms with Crippen LogP contribution >= 0.6 is 0 Å². The highest BCUT2D eigenvalue weighted by atomic mass is 14.9. The molecule has 0 spiro atoms. The molecule has 0 radical (unpaired) electrons. The van der Waals surface area contributed by atoms with E-state index in [4.69, 9.17) is 0 Å². The Morgan fingerprint density at radius 2 is 2.22 bits per heavy atom. The van der Waals surface area contributed by atoms with Gasteiger partial charge in [0.05, 0.1) is 0 Å². The molecule has 0 aliphatic heterocycles. The molecule has 0 saturated carbocycles. The average Bonchev–Trinajstić information content (AvgIpc) is 2.82. The summed E-state index contributed by atoms with van der Waals surface area (Å²) >= 11 is 0.